The molecule has 0 amide bonds. The smallest absolute Gasteiger partial charge is 0.161 e. The van der Waals surface area contributed by atoms with Gasteiger partial charge in [0.05, 0.1) is 5.69 Å². The summed E-state index contributed by atoms with van der Waals surface area (Å²) < 4.78 is 0. The molecule has 0 unspecified atom stereocenters. The van der Waals surface area contributed by atoms with Gasteiger partial charge in [0, 0.05) is 18.2 Å². The minimum Gasteiger partial charge on any atom is -0.294 e. The van der Waals surface area contributed by atoms with Crippen molar-refractivity contribution in [1.82, 2.24) is 0 Å². The molecular weight excluding hydrogens is 162 g/mol. The molecule has 0 radical (unpaired) electrons. The van der Waals surface area contributed by atoms with E-state index in [4.69, 9.17) is 0 Å². The number of fused-ring (bicyclic) bond motifs is 1. The number of nitrogens with zero attached hydrogens (tertiary/aromatic N) is 1. The van der Waals surface area contributed by atoms with Gasteiger partial charge in [0.15, 0.2) is 5.78 Å². The van der Waals surface area contributed by atoms with Crippen molar-refractivity contribution in [3.8, 4) is 0 Å². The number of allylic oxidation sites excluding steroid dienone is 1. The summed E-state index contributed by atoms with van der Waals surface area (Å²) in [6, 6.07) is 7.76. The quantitative estimate of drug-likeness (QED) is 0.589. The van der Waals surface area contributed by atoms with Crippen LogP contribution in [-0.2, 0) is 4.79 Å². The summed E-state index contributed by atoms with van der Waals surface area (Å²) in [5.41, 5.74) is 1.91. The van der Waals surface area contributed by atoms with E-state index in [9.17, 15) is 4.79 Å². The molecule has 1 aromatic rings. The first kappa shape index (κ1) is 7.92. The number of ketones is 1. The first-order valence-electron chi connectivity index (χ1n) is 4.19. The molecule has 0 spiro atoms. The normalized spacial score (nSPS) is 14.9. The van der Waals surface area contributed by atoms with Gasteiger partial charge in [0.1, 0.15) is 0 Å². The van der Waals surface area contributed by atoms with Crippen molar-refractivity contribution in [1.29, 1.82) is 0 Å². The number of hydrogen-bond donors (Lipinski definition) is 0. The fourth-order valence-corrected chi connectivity index (χ4v) is 1.23. The maximum Gasteiger partial charge on any atom is 0.161 e. The Morgan fingerprint density at radius 3 is 2.92 bits per heavy atom. The maximum atomic E-state index is 11.1. The third-order valence-electron chi connectivity index (χ3n) is 1.91. The van der Waals surface area contributed by atoms with E-state index < -0.39 is 0 Å². The summed E-state index contributed by atoms with van der Waals surface area (Å²) in [4.78, 5) is 15.3. The fraction of sp³-hybridized carbons (Fsp3) is 0.0909. The van der Waals surface area contributed by atoms with Crippen LogP contribution in [0.3, 0.4) is 0 Å². The van der Waals surface area contributed by atoms with E-state index >= 15 is 0 Å². The maximum absolute atomic E-state index is 11.1. The van der Waals surface area contributed by atoms with Crippen molar-refractivity contribution in [2.75, 3.05) is 0 Å². The molecule has 1 aliphatic heterocycles. The van der Waals surface area contributed by atoms with Crippen molar-refractivity contribution in [2.24, 2.45) is 4.99 Å². The van der Waals surface area contributed by atoms with Crippen LogP contribution < -0.4 is 0 Å². The lowest BCUT2D eigenvalue weighted by Crippen LogP contribution is -1.94. The molecule has 0 bridgehead atoms. The third kappa shape index (κ3) is 1.72. The van der Waals surface area contributed by atoms with Gasteiger partial charge >= 0.3 is 0 Å². The Kier molecular flexibility index (Phi) is 2.04. The van der Waals surface area contributed by atoms with Gasteiger partial charge in [-0.1, -0.05) is 18.2 Å². The van der Waals surface area contributed by atoms with Crippen LogP contribution in [0.1, 0.15) is 12.0 Å². The topological polar surface area (TPSA) is 29.4 Å². The van der Waals surface area contributed by atoms with Gasteiger partial charge in [-0.05, 0) is 18.2 Å². The van der Waals surface area contributed by atoms with Gasteiger partial charge in [-0.3, -0.25) is 9.79 Å². The molecule has 64 valence electrons. The van der Waals surface area contributed by atoms with E-state index in [1.165, 1.54) is 0 Å². The van der Waals surface area contributed by atoms with E-state index in [0.29, 0.717) is 6.42 Å². The van der Waals surface area contributed by atoms with Crippen LogP contribution in [0.5, 0.6) is 0 Å². The molecule has 1 heterocycles. The second kappa shape index (κ2) is 3.35. The highest BCUT2D eigenvalue weighted by molar-refractivity contribution is 6.03. The standard InChI is InChI=1S/C11H9NO/c13-10-6-5-9-3-1-2-4-11(9)12-8-7-10/h1-6,8H,7H2. The van der Waals surface area contributed by atoms with E-state index in [1.54, 1.807) is 12.3 Å². The molecule has 0 saturated heterocycles. The average Bonchev–Trinajstić information content (AvgIpc) is 2.13. The minimum absolute atomic E-state index is 0.0956. The Bertz CT molecular complexity index is 391. The van der Waals surface area contributed by atoms with Crippen LogP contribution in [0.25, 0.3) is 6.08 Å². The largest absolute Gasteiger partial charge is 0.294 e. The van der Waals surface area contributed by atoms with Crippen molar-refractivity contribution < 1.29 is 4.79 Å². The number of rotatable bonds is 0. The lowest BCUT2D eigenvalue weighted by Gasteiger charge is -2.01. The monoisotopic (exact) mass is 171 g/mol. The first-order chi connectivity index (χ1) is 6.36. The van der Waals surface area contributed by atoms with Gasteiger partial charge in [-0.15, -0.1) is 0 Å². The summed E-state index contributed by atoms with van der Waals surface area (Å²) in [5.74, 6) is 0.0956. The Morgan fingerprint density at radius 1 is 1.15 bits per heavy atom. The van der Waals surface area contributed by atoms with E-state index in [1.807, 2.05) is 30.3 Å². The summed E-state index contributed by atoms with van der Waals surface area (Å²) in [7, 11) is 0. The van der Waals surface area contributed by atoms with Crippen LogP contribution in [0.15, 0.2) is 35.3 Å². The zero-order valence-electron chi connectivity index (χ0n) is 7.10. The van der Waals surface area contributed by atoms with Gasteiger partial charge in [-0.25, -0.2) is 0 Å². The molecule has 1 aromatic carbocycles. The number of hydrogen-bond acceptors (Lipinski definition) is 2. The highest BCUT2D eigenvalue weighted by atomic mass is 16.1. The number of carbonyl (C=O) groups is 1. The van der Waals surface area contributed by atoms with Gasteiger partial charge in [-0.2, -0.15) is 0 Å². The summed E-state index contributed by atoms with van der Waals surface area (Å²) in [5, 5.41) is 0. The van der Waals surface area contributed by atoms with Crippen LogP contribution >= 0.6 is 0 Å². The summed E-state index contributed by atoms with van der Waals surface area (Å²) in [6.07, 6.45) is 5.47. The molecule has 2 rings (SSSR count). The van der Waals surface area contributed by atoms with Crippen LogP contribution in [0, 0.1) is 0 Å². The predicted octanol–water partition coefficient (Wildman–Crippen LogP) is 2.37. The number of para-hydroxylation sites is 1. The predicted molar refractivity (Wildman–Crippen MR) is 53.3 cm³/mol. The van der Waals surface area contributed by atoms with Crippen LogP contribution in [0.4, 0.5) is 5.69 Å². The third-order valence-corrected chi connectivity index (χ3v) is 1.91. The highest BCUT2D eigenvalue weighted by Crippen LogP contribution is 2.20. The first-order valence-corrected chi connectivity index (χ1v) is 4.19. The fourth-order valence-electron chi connectivity index (χ4n) is 1.23. The molecular formula is C11H9NO. The zero-order valence-corrected chi connectivity index (χ0v) is 7.10. The Morgan fingerprint density at radius 2 is 2.00 bits per heavy atom. The summed E-state index contributed by atoms with van der Waals surface area (Å²) >= 11 is 0. The van der Waals surface area contributed by atoms with Gasteiger partial charge in [0.25, 0.3) is 0 Å². The molecule has 0 N–H and O–H groups in total. The van der Waals surface area contributed by atoms with Crippen LogP contribution in [-0.4, -0.2) is 12.0 Å². The average molecular weight is 171 g/mol. The second-order valence-corrected chi connectivity index (χ2v) is 2.87. The Labute approximate surface area is 76.6 Å². The van der Waals surface area contributed by atoms with Gasteiger partial charge < -0.3 is 0 Å². The van der Waals surface area contributed by atoms with E-state index in [2.05, 4.69) is 4.99 Å². The number of carbonyl (C=O) groups excluding carboxylic acids is 1. The van der Waals surface area contributed by atoms with Gasteiger partial charge in [0.2, 0.25) is 0 Å². The van der Waals surface area contributed by atoms with E-state index in [0.717, 1.165) is 11.3 Å². The lowest BCUT2D eigenvalue weighted by molar-refractivity contribution is -0.113. The molecule has 0 fully saturated rings. The Balaban J connectivity index is 2.50. The molecule has 0 aliphatic carbocycles. The van der Waals surface area contributed by atoms with Crippen molar-refractivity contribution in [3.63, 3.8) is 0 Å². The van der Waals surface area contributed by atoms with Crippen molar-refractivity contribution >= 4 is 23.8 Å². The number of benzene rings is 1. The SMILES string of the molecule is O=C1C=Cc2ccccc2N=CC1. The van der Waals surface area contributed by atoms with E-state index in [-0.39, 0.29) is 5.78 Å². The molecule has 0 aromatic heterocycles. The lowest BCUT2D eigenvalue weighted by atomic mass is 10.1. The molecule has 2 nitrogen and oxygen atoms in total. The molecule has 0 saturated carbocycles. The minimum atomic E-state index is 0.0956. The molecule has 13 heavy (non-hydrogen) atoms. The van der Waals surface area contributed by atoms with Crippen molar-refractivity contribution in [2.45, 2.75) is 6.42 Å². The van der Waals surface area contributed by atoms with Crippen LogP contribution in [0.2, 0.25) is 0 Å². The number of aliphatic imine (C=N–C) groups is 1. The molecule has 1 aliphatic rings. The zero-order chi connectivity index (χ0) is 9.10. The summed E-state index contributed by atoms with van der Waals surface area (Å²) in [6.45, 7) is 0. The second-order valence-electron chi connectivity index (χ2n) is 2.87. The molecule has 0 atom stereocenters. The Hall–Kier alpha value is -1.70. The highest BCUT2D eigenvalue weighted by Gasteiger charge is 2.00. The molecule has 2 heteroatoms. The van der Waals surface area contributed by atoms with Crippen molar-refractivity contribution in [3.05, 3.63) is 35.9 Å².